The first kappa shape index (κ1) is 18.6. The van der Waals surface area contributed by atoms with Crippen molar-refractivity contribution in [1.29, 1.82) is 0 Å². The van der Waals surface area contributed by atoms with Crippen molar-refractivity contribution in [2.24, 2.45) is 0 Å². The lowest BCUT2D eigenvalue weighted by atomic mass is 9.96. The summed E-state index contributed by atoms with van der Waals surface area (Å²) in [5.74, 6) is 0.574. The number of nitrogens with one attached hydrogen (secondary N) is 1. The van der Waals surface area contributed by atoms with Gasteiger partial charge in [0, 0.05) is 41.4 Å². The third-order valence-electron chi connectivity index (χ3n) is 4.31. The number of sulfone groups is 1. The Bertz CT molecular complexity index is 861. The van der Waals surface area contributed by atoms with Crippen LogP contribution in [-0.2, 0) is 16.3 Å². The number of halogens is 2. The highest BCUT2D eigenvalue weighted by Gasteiger charge is 2.25. The summed E-state index contributed by atoms with van der Waals surface area (Å²) in [5, 5.41) is 4.39. The Kier molecular flexibility index (Phi) is 5.63. The van der Waals surface area contributed by atoms with E-state index in [-0.39, 0.29) is 10.8 Å². The highest BCUT2D eigenvalue weighted by atomic mass is 35.5. The first-order chi connectivity index (χ1) is 11.9. The van der Waals surface area contributed by atoms with Crippen molar-refractivity contribution in [2.75, 3.05) is 19.3 Å². The molecule has 1 aliphatic heterocycles. The summed E-state index contributed by atoms with van der Waals surface area (Å²) in [4.78, 5) is 9.05. The molecule has 0 unspecified atom stereocenters. The van der Waals surface area contributed by atoms with Gasteiger partial charge >= 0.3 is 0 Å². The van der Waals surface area contributed by atoms with Crippen LogP contribution in [0.4, 0.5) is 0 Å². The van der Waals surface area contributed by atoms with Gasteiger partial charge in [-0.3, -0.25) is 0 Å². The largest absolute Gasteiger partial charge is 0.316 e. The second-order valence-corrected chi connectivity index (χ2v) is 9.03. The molecule has 1 aliphatic rings. The van der Waals surface area contributed by atoms with Gasteiger partial charge in [-0.1, -0.05) is 29.3 Å². The van der Waals surface area contributed by atoms with Gasteiger partial charge in [0.15, 0.2) is 9.84 Å². The molecule has 2 aromatic rings. The number of hydrogen-bond donors (Lipinski definition) is 1. The zero-order valence-corrected chi connectivity index (χ0v) is 16.1. The maximum absolute atomic E-state index is 12.1. The van der Waals surface area contributed by atoms with Crippen LogP contribution in [-0.4, -0.2) is 37.7 Å². The third kappa shape index (κ3) is 4.31. The number of hydrogen-bond acceptors (Lipinski definition) is 5. The van der Waals surface area contributed by atoms with E-state index in [9.17, 15) is 8.42 Å². The van der Waals surface area contributed by atoms with E-state index in [0.29, 0.717) is 34.5 Å². The SMILES string of the molecule is CS(=O)(=O)c1cnc(Cc2c(Cl)cccc2Cl)nc1[C@H]1CCCNC1. The lowest BCUT2D eigenvalue weighted by Gasteiger charge is -2.24. The summed E-state index contributed by atoms with van der Waals surface area (Å²) >= 11 is 12.5. The normalized spacial score (nSPS) is 18.3. The van der Waals surface area contributed by atoms with Crippen molar-refractivity contribution >= 4 is 33.0 Å². The Balaban J connectivity index is 2.01. The Morgan fingerprint density at radius 3 is 2.60 bits per heavy atom. The van der Waals surface area contributed by atoms with Crippen LogP contribution in [0.5, 0.6) is 0 Å². The van der Waals surface area contributed by atoms with Crippen LogP contribution >= 0.6 is 23.2 Å². The van der Waals surface area contributed by atoms with Crippen molar-refractivity contribution in [2.45, 2.75) is 30.1 Å². The fourth-order valence-electron chi connectivity index (χ4n) is 3.03. The molecule has 3 rings (SSSR count). The average molecular weight is 400 g/mol. The second-order valence-electron chi connectivity index (χ2n) is 6.23. The molecule has 0 saturated carbocycles. The van der Waals surface area contributed by atoms with Gasteiger partial charge in [-0.05, 0) is 37.1 Å². The summed E-state index contributed by atoms with van der Waals surface area (Å²) in [6.07, 6.45) is 4.85. The summed E-state index contributed by atoms with van der Waals surface area (Å²) in [6, 6.07) is 5.31. The average Bonchev–Trinajstić information content (AvgIpc) is 2.58. The molecule has 134 valence electrons. The maximum Gasteiger partial charge on any atom is 0.178 e. The summed E-state index contributed by atoms with van der Waals surface area (Å²) in [6.45, 7) is 1.66. The molecule has 0 bridgehead atoms. The van der Waals surface area contributed by atoms with Gasteiger partial charge in [0.25, 0.3) is 0 Å². The smallest absolute Gasteiger partial charge is 0.178 e. The Morgan fingerprint density at radius 1 is 1.28 bits per heavy atom. The highest BCUT2D eigenvalue weighted by Crippen LogP contribution is 2.29. The van der Waals surface area contributed by atoms with Crippen molar-refractivity contribution < 1.29 is 8.42 Å². The van der Waals surface area contributed by atoms with Crippen LogP contribution in [0.1, 0.15) is 35.8 Å². The molecule has 1 saturated heterocycles. The van der Waals surface area contributed by atoms with E-state index >= 15 is 0 Å². The molecule has 2 heterocycles. The summed E-state index contributed by atoms with van der Waals surface area (Å²) in [5.41, 5.74) is 1.33. The Hall–Kier alpha value is -1.21. The van der Waals surface area contributed by atoms with Crippen molar-refractivity contribution in [3.8, 4) is 0 Å². The zero-order chi connectivity index (χ0) is 18.0. The molecular weight excluding hydrogens is 381 g/mol. The van der Waals surface area contributed by atoms with Crippen LogP contribution in [0.15, 0.2) is 29.3 Å². The molecule has 0 aliphatic carbocycles. The van der Waals surface area contributed by atoms with Crippen LogP contribution in [0.25, 0.3) is 0 Å². The number of nitrogens with zero attached hydrogens (tertiary/aromatic N) is 2. The topological polar surface area (TPSA) is 72.0 Å². The van der Waals surface area contributed by atoms with E-state index in [1.807, 2.05) is 0 Å². The number of benzene rings is 1. The minimum Gasteiger partial charge on any atom is -0.316 e. The fourth-order valence-corrected chi connectivity index (χ4v) is 4.40. The van der Waals surface area contributed by atoms with Crippen molar-refractivity contribution in [3.05, 3.63) is 51.5 Å². The van der Waals surface area contributed by atoms with Crippen molar-refractivity contribution in [1.82, 2.24) is 15.3 Å². The monoisotopic (exact) mass is 399 g/mol. The van der Waals surface area contributed by atoms with Crippen LogP contribution in [0, 0.1) is 0 Å². The molecule has 8 heteroatoms. The number of aromatic nitrogens is 2. The minimum atomic E-state index is -3.39. The predicted octanol–water partition coefficient (Wildman–Crippen LogP) is 3.24. The van der Waals surface area contributed by atoms with E-state index in [2.05, 4.69) is 15.3 Å². The quantitative estimate of drug-likeness (QED) is 0.853. The lowest BCUT2D eigenvalue weighted by molar-refractivity contribution is 0.446. The molecule has 0 spiro atoms. The van der Waals surface area contributed by atoms with Gasteiger partial charge in [0.1, 0.15) is 10.7 Å². The molecule has 1 fully saturated rings. The first-order valence-electron chi connectivity index (χ1n) is 8.05. The van der Waals surface area contributed by atoms with Gasteiger partial charge in [0.2, 0.25) is 0 Å². The molecule has 1 atom stereocenters. The first-order valence-corrected chi connectivity index (χ1v) is 10.7. The molecule has 5 nitrogen and oxygen atoms in total. The van der Waals surface area contributed by atoms with Crippen LogP contribution in [0.3, 0.4) is 0 Å². The van der Waals surface area contributed by atoms with Crippen LogP contribution < -0.4 is 5.32 Å². The molecule has 1 aromatic heterocycles. The second kappa shape index (κ2) is 7.58. The number of piperidine rings is 1. The van der Waals surface area contributed by atoms with Gasteiger partial charge in [-0.2, -0.15) is 0 Å². The lowest BCUT2D eigenvalue weighted by Crippen LogP contribution is -2.30. The number of rotatable bonds is 4. The van der Waals surface area contributed by atoms with E-state index in [1.165, 1.54) is 12.5 Å². The summed E-state index contributed by atoms with van der Waals surface area (Å²) in [7, 11) is -3.39. The van der Waals surface area contributed by atoms with Gasteiger partial charge in [-0.15, -0.1) is 0 Å². The zero-order valence-electron chi connectivity index (χ0n) is 13.8. The molecule has 25 heavy (non-hydrogen) atoms. The molecule has 1 N–H and O–H groups in total. The Labute approximate surface area is 157 Å². The molecule has 0 radical (unpaired) electrons. The van der Waals surface area contributed by atoms with E-state index in [4.69, 9.17) is 23.2 Å². The molecular formula is C17H19Cl2N3O2S. The van der Waals surface area contributed by atoms with Gasteiger partial charge in [-0.25, -0.2) is 18.4 Å². The van der Waals surface area contributed by atoms with Crippen molar-refractivity contribution in [3.63, 3.8) is 0 Å². The molecule has 0 amide bonds. The van der Waals surface area contributed by atoms with E-state index < -0.39 is 9.84 Å². The van der Waals surface area contributed by atoms with E-state index in [1.54, 1.807) is 18.2 Å². The Morgan fingerprint density at radius 2 is 2.00 bits per heavy atom. The maximum atomic E-state index is 12.1. The molecule has 1 aromatic carbocycles. The highest BCUT2D eigenvalue weighted by molar-refractivity contribution is 7.90. The van der Waals surface area contributed by atoms with Crippen LogP contribution in [0.2, 0.25) is 10.0 Å². The van der Waals surface area contributed by atoms with E-state index in [0.717, 1.165) is 24.9 Å². The fraction of sp³-hybridized carbons (Fsp3) is 0.412. The predicted molar refractivity (Wildman–Crippen MR) is 99.3 cm³/mol. The minimum absolute atomic E-state index is 0.0574. The third-order valence-corrected chi connectivity index (χ3v) is 6.13. The van der Waals surface area contributed by atoms with Gasteiger partial charge < -0.3 is 5.32 Å². The summed E-state index contributed by atoms with van der Waals surface area (Å²) < 4.78 is 24.3. The standard InChI is InChI=1S/C17H19Cl2N3O2S/c1-25(23,24)15-10-21-16(8-12-13(18)5-2-6-14(12)19)22-17(15)11-4-3-7-20-9-11/h2,5-6,10-11,20H,3-4,7-9H2,1H3/t11-/m0/s1. The van der Waals surface area contributed by atoms with Gasteiger partial charge in [0.05, 0.1) is 5.69 Å².